The number of benzene rings is 2. The molecule has 146 valence electrons. The molecule has 4 aromatic rings. The third-order valence-corrected chi connectivity index (χ3v) is 6.10. The number of halogens is 2. The van der Waals surface area contributed by atoms with E-state index < -0.39 is 0 Å². The summed E-state index contributed by atoms with van der Waals surface area (Å²) in [5.41, 5.74) is 1.63. The quantitative estimate of drug-likeness (QED) is 0.259. The highest BCUT2D eigenvalue weighted by atomic mass is 35.5. The van der Waals surface area contributed by atoms with Crippen molar-refractivity contribution in [2.24, 2.45) is 0 Å². The first-order valence-electron chi connectivity index (χ1n) is 8.57. The summed E-state index contributed by atoms with van der Waals surface area (Å²) in [5, 5.41) is 6.31. The first-order chi connectivity index (χ1) is 14.2. The van der Waals surface area contributed by atoms with Gasteiger partial charge in [0.2, 0.25) is 11.7 Å². The molecule has 0 aliphatic carbocycles. The van der Waals surface area contributed by atoms with Crippen molar-refractivity contribution in [3.05, 3.63) is 83.2 Å². The molecule has 0 N–H and O–H groups in total. The van der Waals surface area contributed by atoms with Crippen molar-refractivity contribution in [1.29, 1.82) is 0 Å². The third kappa shape index (κ3) is 5.35. The van der Waals surface area contributed by atoms with Crippen molar-refractivity contribution in [1.82, 2.24) is 20.1 Å². The van der Waals surface area contributed by atoms with Crippen LogP contribution in [0, 0.1) is 5.82 Å². The highest BCUT2D eigenvalue weighted by Crippen LogP contribution is 2.28. The summed E-state index contributed by atoms with van der Waals surface area (Å²) in [4.78, 5) is 12.9. The molecule has 0 aliphatic heterocycles. The SMILES string of the molecule is Fc1cccc(-c2noc(CSc3cc(SCc4ccccc4Cl)ncn3)n2)c1. The van der Waals surface area contributed by atoms with E-state index in [4.69, 9.17) is 16.1 Å². The van der Waals surface area contributed by atoms with Crippen LogP contribution in [0.15, 0.2) is 75.5 Å². The van der Waals surface area contributed by atoms with Gasteiger partial charge in [-0.05, 0) is 23.8 Å². The second kappa shape index (κ2) is 9.39. The fraction of sp³-hybridized carbons (Fsp3) is 0.100. The molecule has 0 radical (unpaired) electrons. The van der Waals surface area contributed by atoms with Crippen molar-refractivity contribution in [3.63, 3.8) is 0 Å². The maximum atomic E-state index is 13.3. The molecule has 0 unspecified atom stereocenters. The summed E-state index contributed by atoms with van der Waals surface area (Å²) in [6.07, 6.45) is 1.53. The minimum atomic E-state index is -0.342. The standard InChI is InChI=1S/C20H14ClFN4OS2/c21-16-7-2-1-4-14(16)10-28-18-9-19(24-12-23-18)29-11-17-25-20(26-27-17)13-5-3-6-15(22)8-13/h1-9,12H,10-11H2. The van der Waals surface area contributed by atoms with E-state index in [9.17, 15) is 4.39 Å². The number of hydrogen-bond donors (Lipinski definition) is 0. The molecule has 29 heavy (non-hydrogen) atoms. The van der Waals surface area contributed by atoms with Gasteiger partial charge in [0.25, 0.3) is 0 Å². The van der Waals surface area contributed by atoms with Crippen molar-refractivity contribution in [3.8, 4) is 11.4 Å². The Bertz CT molecular complexity index is 1120. The average molecular weight is 445 g/mol. The van der Waals surface area contributed by atoms with Crippen LogP contribution in [0.2, 0.25) is 5.02 Å². The monoisotopic (exact) mass is 444 g/mol. The minimum absolute atomic E-state index is 0.342. The summed E-state index contributed by atoms with van der Waals surface area (Å²) in [6.45, 7) is 0. The molecule has 2 aromatic carbocycles. The fourth-order valence-corrected chi connectivity index (χ4v) is 4.38. The van der Waals surface area contributed by atoms with Crippen LogP contribution in [0.1, 0.15) is 11.5 Å². The van der Waals surface area contributed by atoms with Crippen LogP contribution < -0.4 is 0 Å². The molecule has 0 atom stereocenters. The van der Waals surface area contributed by atoms with Crippen LogP contribution in [0.25, 0.3) is 11.4 Å². The van der Waals surface area contributed by atoms with Crippen molar-refractivity contribution in [2.75, 3.05) is 0 Å². The molecule has 0 amide bonds. The lowest BCUT2D eigenvalue weighted by molar-refractivity contribution is 0.391. The Hall–Kier alpha value is -2.42. The lowest BCUT2D eigenvalue weighted by atomic mass is 10.2. The Balaban J connectivity index is 1.37. The van der Waals surface area contributed by atoms with Gasteiger partial charge in [-0.2, -0.15) is 4.98 Å². The molecule has 0 saturated heterocycles. The van der Waals surface area contributed by atoms with E-state index in [-0.39, 0.29) is 5.82 Å². The van der Waals surface area contributed by atoms with Crippen LogP contribution >= 0.6 is 35.1 Å². The maximum absolute atomic E-state index is 13.3. The highest BCUT2D eigenvalue weighted by molar-refractivity contribution is 7.99. The van der Waals surface area contributed by atoms with E-state index in [0.29, 0.717) is 23.0 Å². The average Bonchev–Trinajstić information content (AvgIpc) is 3.21. The number of thioether (sulfide) groups is 2. The molecular weight excluding hydrogens is 431 g/mol. The minimum Gasteiger partial charge on any atom is -0.338 e. The van der Waals surface area contributed by atoms with Gasteiger partial charge in [0.1, 0.15) is 22.2 Å². The number of rotatable bonds is 7. The lowest BCUT2D eigenvalue weighted by Gasteiger charge is -2.04. The van der Waals surface area contributed by atoms with E-state index >= 15 is 0 Å². The third-order valence-electron chi connectivity index (χ3n) is 3.84. The molecule has 4 rings (SSSR count). The summed E-state index contributed by atoms with van der Waals surface area (Å²) >= 11 is 9.25. The number of aromatic nitrogens is 4. The van der Waals surface area contributed by atoms with Crippen molar-refractivity contribution >= 4 is 35.1 Å². The summed E-state index contributed by atoms with van der Waals surface area (Å²) in [5.74, 6) is 1.64. The first kappa shape index (κ1) is 19.9. The Morgan fingerprint density at radius 2 is 1.72 bits per heavy atom. The van der Waals surface area contributed by atoms with E-state index in [1.807, 2.05) is 30.3 Å². The number of nitrogens with zero attached hydrogens (tertiary/aromatic N) is 4. The molecule has 5 nitrogen and oxygen atoms in total. The molecule has 2 heterocycles. The van der Waals surface area contributed by atoms with Crippen molar-refractivity contribution < 1.29 is 8.91 Å². The van der Waals surface area contributed by atoms with Gasteiger partial charge in [-0.1, -0.05) is 58.9 Å². The summed E-state index contributed by atoms with van der Waals surface area (Å²) < 4.78 is 18.6. The van der Waals surface area contributed by atoms with Gasteiger partial charge in [0.15, 0.2) is 0 Å². The zero-order valence-corrected chi connectivity index (χ0v) is 17.3. The highest BCUT2D eigenvalue weighted by Gasteiger charge is 2.11. The zero-order chi connectivity index (χ0) is 20.1. The molecular formula is C20H14ClFN4OS2. The molecule has 0 saturated carbocycles. The van der Waals surface area contributed by atoms with Gasteiger partial charge < -0.3 is 4.52 Å². The first-order valence-corrected chi connectivity index (χ1v) is 10.9. The van der Waals surface area contributed by atoms with E-state index in [0.717, 1.165) is 26.4 Å². The van der Waals surface area contributed by atoms with E-state index in [2.05, 4.69) is 20.1 Å². The zero-order valence-electron chi connectivity index (χ0n) is 15.0. The van der Waals surface area contributed by atoms with Crippen LogP contribution in [0.5, 0.6) is 0 Å². The molecule has 0 aliphatic rings. The lowest BCUT2D eigenvalue weighted by Crippen LogP contribution is -1.89. The summed E-state index contributed by atoms with van der Waals surface area (Å²) in [7, 11) is 0. The Morgan fingerprint density at radius 3 is 2.52 bits per heavy atom. The fourth-order valence-electron chi connectivity index (χ4n) is 2.44. The van der Waals surface area contributed by atoms with Crippen LogP contribution in [-0.2, 0) is 11.5 Å². The van der Waals surface area contributed by atoms with Crippen molar-refractivity contribution in [2.45, 2.75) is 21.6 Å². The molecule has 0 spiro atoms. The van der Waals surface area contributed by atoms with Gasteiger partial charge in [-0.15, -0.1) is 11.8 Å². The molecule has 0 fully saturated rings. The summed E-state index contributed by atoms with van der Waals surface area (Å²) in [6, 6.07) is 15.7. The van der Waals surface area contributed by atoms with Crippen LogP contribution in [0.3, 0.4) is 0 Å². The Kier molecular flexibility index (Phi) is 6.43. The second-order valence-electron chi connectivity index (χ2n) is 5.89. The second-order valence-corrected chi connectivity index (χ2v) is 8.28. The van der Waals surface area contributed by atoms with Crippen LogP contribution in [-0.4, -0.2) is 20.1 Å². The van der Waals surface area contributed by atoms with Gasteiger partial charge in [0.05, 0.1) is 5.75 Å². The molecule has 2 aromatic heterocycles. The normalized spacial score (nSPS) is 11.0. The van der Waals surface area contributed by atoms with E-state index in [1.54, 1.807) is 23.9 Å². The van der Waals surface area contributed by atoms with Gasteiger partial charge in [-0.3, -0.25) is 0 Å². The predicted molar refractivity (Wildman–Crippen MR) is 112 cm³/mol. The molecule has 0 bridgehead atoms. The van der Waals surface area contributed by atoms with E-state index in [1.165, 1.54) is 30.2 Å². The van der Waals surface area contributed by atoms with Gasteiger partial charge in [-0.25, -0.2) is 14.4 Å². The predicted octanol–water partition coefficient (Wildman–Crippen LogP) is 5.90. The maximum Gasteiger partial charge on any atom is 0.237 e. The largest absolute Gasteiger partial charge is 0.338 e. The topological polar surface area (TPSA) is 64.7 Å². The smallest absolute Gasteiger partial charge is 0.237 e. The number of hydrogen-bond acceptors (Lipinski definition) is 7. The Morgan fingerprint density at radius 1 is 0.931 bits per heavy atom. The molecule has 9 heteroatoms. The Labute approximate surface area is 180 Å². The van der Waals surface area contributed by atoms with Gasteiger partial charge >= 0.3 is 0 Å². The van der Waals surface area contributed by atoms with Gasteiger partial charge in [0, 0.05) is 22.4 Å². The van der Waals surface area contributed by atoms with Crippen LogP contribution in [0.4, 0.5) is 4.39 Å².